The normalized spacial score (nSPS) is 10.8. The molecule has 0 aliphatic heterocycles. The molecule has 7 heteroatoms. The first-order valence-electron chi connectivity index (χ1n) is 10.1. The van der Waals surface area contributed by atoms with Gasteiger partial charge in [-0.2, -0.15) is 0 Å². The van der Waals surface area contributed by atoms with Crippen molar-refractivity contribution in [2.45, 2.75) is 13.5 Å². The third-order valence-electron chi connectivity index (χ3n) is 5.49. The summed E-state index contributed by atoms with van der Waals surface area (Å²) in [4.78, 5) is 37.4. The van der Waals surface area contributed by atoms with Gasteiger partial charge in [0.05, 0.1) is 11.3 Å². The zero-order valence-corrected chi connectivity index (χ0v) is 18.1. The van der Waals surface area contributed by atoms with Gasteiger partial charge in [0.25, 0.3) is 11.5 Å². The standard InChI is InChI=1S/C25H23N3O4/c1-16-8-4-7-11-21(16)26-24(30)20-12-17-9-5-6-10-18(17)13-22(20)32-15-19-14-23(29)28(3)25(31)27(19)2/h4-14H,15H2,1-3H3,(H,26,30). The van der Waals surface area contributed by atoms with Crippen LogP contribution in [0, 0.1) is 6.92 Å². The number of rotatable bonds is 5. The van der Waals surface area contributed by atoms with Gasteiger partial charge in [-0.25, -0.2) is 4.79 Å². The molecule has 4 rings (SSSR count). The molecule has 0 saturated heterocycles. The van der Waals surface area contributed by atoms with Gasteiger partial charge >= 0.3 is 5.69 Å². The molecule has 4 aromatic rings. The highest BCUT2D eigenvalue weighted by Crippen LogP contribution is 2.28. The van der Waals surface area contributed by atoms with Crippen LogP contribution in [0.4, 0.5) is 5.69 Å². The molecule has 0 unspecified atom stereocenters. The van der Waals surface area contributed by atoms with E-state index in [1.54, 1.807) is 19.2 Å². The molecule has 0 aliphatic carbocycles. The summed E-state index contributed by atoms with van der Waals surface area (Å²) in [5, 5.41) is 4.75. The van der Waals surface area contributed by atoms with Crippen molar-refractivity contribution >= 4 is 22.4 Å². The number of aryl methyl sites for hydroxylation is 1. The van der Waals surface area contributed by atoms with E-state index in [0.29, 0.717) is 22.7 Å². The first-order chi connectivity index (χ1) is 15.3. The lowest BCUT2D eigenvalue weighted by molar-refractivity contribution is 0.102. The summed E-state index contributed by atoms with van der Waals surface area (Å²) in [5.74, 6) is 0.0563. The molecule has 0 spiro atoms. The quantitative estimate of drug-likeness (QED) is 0.527. The third kappa shape index (κ3) is 4.05. The van der Waals surface area contributed by atoms with E-state index >= 15 is 0 Å². The Labute approximate surface area is 184 Å². The molecule has 1 N–H and O–H groups in total. The topological polar surface area (TPSA) is 82.3 Å². The molecule has 0 radical (unpaired) electrons. The number of benzene rings is 3. The van der Waals surface area contributed by atoms with Gasteiger partial charge in [0.15, 0.2) is 0 Å². The number of anilines is 1. The summed E-state index contributed by atoms with van der Waals surface area (Å²) in [7, 11) is 3.00. The van der Waals surface area contributed by atoms with E-state index in [4.69, 9.17) is 4.74 Å². The number of amides is 1. The van der Waals surface area contributed by atoms with Crippen molar-refractivity contribution < 1.29 is 9.53 Å². The summed E-state index contributed by atoms with van der Waals surface area (Å²) < 4.78 is 8.37. The van der Waals surface area contributed by atoms with Crippen molar-refractivity contribution in [2.75, 3.05) is 5.32 Å². The van der Waals surface area contributed by atoms with Crippen LogP contribution in [0.15, 0.2) is 76.3 Å². The summed E-state index contributed by atoms with van der Waals surface area (Å²) in [6.07, 6.45) is 0. The second kappa shape index (κ2) is 8.55. The number of ether oxygens (including phenoxy) is 1. The Kier molecular flexibility index (Phi) is 5.64. The molecule has 162 valence electrons. The average Bonchev–Trinajstić information content (AvgIpc) is 2.80. The van der Waals surface area contributed by atoms with Crippen LogP contribution in [0.1, 0.15) is 21.6 Å². The van der Waals surface area contributed by atoms with Crippen LogP contribution in [0.5, 0.6) is 5.75 Å². The van der Waals surface area contributed by atoms with Crippen LogP contribution in [-0.4, -0.2) is 15.0 Å². The van der Waals surface area contributed by atoms with Gasteiger partial charge in [-0.1, -0.05) is 42.5 Å². The largest absolute Gasteiger partial charge is 0.487 e. The highest BCUT2D eigenvalue weighted by molar-refractivity contribution is 6.09. The lowest BCUT2D eigenvalue weighted by Gasteiger charge is -2.15. The number of nitrogens with zero attached hydrogens (tertiary/aromatic N) is 2. The minimum absolute atomic E-state index is 0.0369. The van der Waals surface area contributed by atoms with Crippen molar-refractivity contribution in [3.05, 3.63) is 104 Å². The Morgan fingerprint density at radius 1 is 0.906 bits per heavy atom. The van der Waals surface area contributed by atoms with Crippen LogP contribution in [-0.2, 0) is 20.7 Å². The Morgan fingerprint density at radius 2 is 1.56 bits per heavy atom. The van der Waals surface area contributed by atoms with E-state index in [-0.39, 0.29) is 12.5 Å². The van der Waals surface area contributed by atoms with Crippen molar-refractivity contribution in [1.29, 1.82) is 0 Å². The number of fused-ring (bicyclic) bond motifs is 1. The second-order valence-electron chi connectivity index (χ2n) is 7.63. The Hall–Kier alpha value is -4.13. The monoisotopic (exact) mass is 429 g/mol. The number of hydrogen-bond donors (Lipinski definition) is 1. The van der Waals surface area contributed by atoms with Crippen molar-refractivity contribution in [1.82, 2.24) is 9.13 Å². The number of carbonyl (C=O) groups excluding carboxylic acids is 1. The molecule has 1 aromatic heterocycles. The molecule has 3 aromatic carbocycles. The first kappa shape index (κ1) is 21.1. The summed E-state index contributed by atoms with van der Waals surface area (Å²) in [5.41, 5.74) is 1.58. The van der Waals surface area contributed by atoms with E-state index in [1.807, 2.05) is 55.5 Å². The predicted molar refractivity (Wildman–Crippen MR) is 124 cm³/mol. The van der Waals surface area contributed by atoms with Gasteiger partial charge in [0, 0.05) is 25.8 Å². The Balaban J connectivity index is 1.72. The fourth-order valence-electron chi connectivity index (χ4n) is 3.49. The third-order valence-corrected chi connectivity index (χ3v) is 5.49. The zero-order chi connectivity index (χ0) is 22.8. The van der Waals surface area contributed by atoms with Crippen LogP contribution in [0.2, 0.25) is 0 Å². The molecule has 0 bridgehead atoms. The fourth-order valence-corrected chi connectivity index (χ4v) is 3.49. The summed E-state index contributed by atoms with van der Waals surface area (Å²) in [6.45, 7) is 1.88. The lowest BCUT2D eigenvalue weighted by atomic mass is 10.0. The highest BCUT2D eigenvalue weighted by Gasteiger charge is 2.16. The zero-order valence-electron chi connectivity index (χ0n) is 18.1. The average molecular weight is 429 g/mol. The maximum absolute atomic E-state index is 13.2. The molecule has 0 aliphatic rings. The smallest absolute Gasteiger partial charge is 0.330 e. The molecule has 0 atom stereocenters. The van der Waals surface area contributed by atoms with Crippen molar-refractivity contribution in [3.63, 3.8) is 0 Å². The second-order valence-corrected chi connectivity index (χ2v) is 7.63. The van der Waals surface area contributed by atoms with Crippen LogP contribution < -0.4 is 21.3 Å². The highest BCUT2D eigenvalue weighted by atomic mass is 16.5. The number of para-hydroxylation sites is 1. The van der Waals surface area contributed by atoms with Gasteiger partial charge in [-0.15, -0.1) is 0 Å². The van der Waals surface area contributed by atoms with Crippen LogP contribution in [0.3, 0.4) is 0 Å². The molecule has 1 heterocycles. The van der Waals surface area contributed by atoms with Crippen LogP contribution >= 0.6 is 0 Å². The van der Waals surface area contributed by atoms with E-state index in [9.17, 15) is 14.4 Å². The lowest BCUT2D eigenvalue weighted by Crippen LogP contribution is -2.38. The minimum Gasteiger partial charge on any atom is -0.487 e. The van der Waals surface area contributed by atoms with Crippen molar-refractivity contribution in [3.8, 4) is 5.75 Å². The predicted octanol–water partition coefficient (Wildman–Crippen LogP) is 3.38. The fraction of sp³-hybridized carbons (Fsp3) is 0.160. The number of nitrogens with one attached hydrogen (secondary N) is 1. The number of aromatic nitrogens is 2. The van der Waals surface area contributed by atoms with Gasteiger partial charge < -0.3 is 10.1 Å². The van der Waals surface area contributed by atoms with E-state index in [2.05, 4.69) is 5.32 Å². The van der Waals surface area contributed by atoms with Gasteiger partial charge in [-0.3, -0.25) is 18.7 Å². The molecular formula is C25H23N3O4. The van der Waals surface area contributed by atoms with Gasteiger partial charge in [0.1, 0.15) is 12.4 Å². The molecule has 1 amide bonds. The Bertz CT molecular complexity index is 1450. The maximum Gasteiger partial charge on any atom is 0.330 e. The summed E-state index contributed by atoms with van der Waals surface area (Å²) >= 11 is 0. The molecular weight excluding hydrogens is 406 g/mol. The van der Waals surface area contributed by atoms with E-state index in [1.165, 1.54) is 17.7 Å². The number of hydrogen-bond acceptors (Lipinski definition) is 4. The van der Waals surface area contributed by atoms with Gasteiger partial charge in [0.2, 0.25) is 0 Å². The number of carbonyl (C=O) groups is 1. The van der Waals surface area contributed by atoms with E-state index in [0.717, 1.165) is 20.9 Å². The molecule has 7 nitrogen and oxygen atoms in total. The van der Waals surface area contributed by atoms with Crippen molar-refractivity contribution in [2.24, 2.45) is 14.1 Å². The maximum atomic E-state index is 13.2. The van der Waals surface area contributed by atoms with Crippen LogP contribution in [0.25, 0.3) is 10.8 Å². The van der Waals surface area contributed by atoms with Gasteiger partial charge in [-0.05, 0) is 41.5 Å². The molecule has 0 saturated carbocycles. The SMILES string of the molecule is Cc1ccccc1NC(=O)c1cc2ccccc2cc1OCc1cc(=O)n(C)c(=O)n1C. The molecule has 32 heavy (non-hydrogen) atoms. The van der Waals surface area contributed by atoms with E-state index < -0.39 is 11.2 Å². The summed E-state index contributed by atoms with van der Waals surface area (Å²) in [6, 6.07) is 20.1. The first-order valence-corrected chi connectivity index (χ1v) is 10.1. The Morgan fingerprint density at radius 3 is 2.28 bits per heavy atom. The molecule has 0 fully saturated rings. The minimum atomic E-state index is -0.438.